The Balaban J connectivity index is 2.56. The van der Waals surface area contributed by atoms with Gasteiger partial charge in [-0.2, -0.15) is 0 Å². The first kappa shape index (κ1) is 12.8. The summed E-state index contributed by atoms with van der Waals surface area (Å²) in [7, 11) is 1.72. The molecule has 0 saturated carbocycles. The summed E-state index contributed by atoms with van der Waals surface area (Å²) in [5, 5.41) is 0.350. The quantitative estimate of drug-likeness (QED) is 0.907. The number of nitrogens with two attached hydrogens (primary N) is 1. The molecule has 0 bridgehead atoms. The number of fused-ring (bicyclic) bond motifs is 1. The Kier molecular flexibility index (Phi) is 3.26. The summed E-state index contributed by atoms with van der Waals surface area (Å²) in [4.78, 5) is 14.2. The van der Waals surface area contributed by atoms with Crippen molar-refractivity contribution in [3.05, 3.63) is 28.9 Å². The van der Waals surface area contributed by atoms with Gasteiger partial charge in [0, 0.05) is 17.8 Å². The molecule has 1 amide bonds. The van der Waals surface area contributed by atoms with Gasteiger partial charge in [-0.3, -0.25) is 4.79 Å². The number of anilines is 1. The van der Waals surface area contributed by atoms with Crippen molar-refractivity contribution in [2.45, 2.75) is 19.9 Å². The molecule has 2 aromatic rings. The number of carbonyl (C=O) groups is 1. The highest BCUT2D eigenvalue weighted by molar-refractivity contribution is 7.21. The zero-order valence-corrected chi connectivity index (χ0v) is 11.3. The van der Waals surface area contributed by atoms with Crippen LogP contribution in [0.1, 0.15) is 23.5 Å². The highest BCUT2D eigenvalue weighted by Gasteiger charge is 2.22. The maximum Gasteiger partial charge on any atom is 0.266 e. The van der Waals surface area contributed by atoms with Gasteiger partial charge in [-0.05, 0) is 26.0 Å². The van der Waals surface area contributed by atoms with Crippen LogP contribution in [-0.4, -0.2) is 23.9 Å². The van der Waals surface area contributed by atoms with Gasteiger partial charge in [-0.25, -0.2) is 4.39 Å². The van der Waals surface area contributed by atoms with Crippen LogP contribution in [0.2, 0.25) is 0 Å². The van der Waals surface area contributed by atoms with E-state index >= 15 is 0 Å². The molecule has 0 aliphatic rings. The van der Waals surface area contributed by atoms with Gasteiger partial charge in [0.1, 0.15) is 10.7 Å². The fraction of sp³-hybridized carbons (Fsp3) is 0.308. The largest absolute Gasteiger partial charge is 0.397 e. The summed E-state index contributed by atoms with van der Waals surface area (Å²) in [6.07, 6.45) is 0. The summed E-state index contributed by atoms with van der Waals surface area (Å²) in [6.45, 7) is 3.84. The minimum Gasteiger partial charge on any atom is -0.397 e. The van der Waals surface area contributed by atoms with Crippen molar-refractivity contribution in [1.82, 2.24) is 4.90 Å². The van der Waals surface area contributed by atoms with Crippen LogP contribution in [0.3, 0.4) is 0 Å². The van der Waals surface area contributed by atoms with Crippen molar-refractivity contribution in [3.8, 4) is 0 Å². The number of hydrogen-bond acceptors (Lipinski definition) is 3. The van der Waals surface area contributed by atoms with Crippen molar-refractivity contribution in [1.29, 1.82) is 0 Å². The third-order valence-electron chi connectivity index (χ3n) is 2.99. The topological polar surface area (TPSA) is 46.3 Å². The highest BCUT2D eigenvalue weighted by atomic mass is 32.1. The molecular weight excluding hydrogens is 251 g/mol. The summed E-state index contributed by atoms with van der Waals surface area (Å²) in [6, 6.07) is 4.82. The third-order valence-corrected chi connectivity index (χ3v) is 4.15. The minimum atomic E-state index is -0.382. The van der Waals surface area contributed by atoms with E-state index in [0.29, 0.717) is 15.0 Å². The summed E-state index contributed by atoms with van der Waals surface area (Å²) >= 11 is 1.24. The SMILES string of the molecule is CC(C)N(C)C(=O)c1sc2cccc(F)c2c1N. The van der Waals surface area contributed by atoms with E-state index in [9.17, 15) is 9.18 Å². The van der Waals surface area contributed by atoms with E-state index in [1.54, 1.807) is 24.1 Å². The average Bonchev–Trinajstić information content (AvgIpc) is 2.66. The fourth-order valence-corrected chi connectivity index (χ4v) is 2.80. The van der Waals surface area contributed by atoms with Gasteiger partial charge in [-0.15, -0.1) is 11.3 Å². The van der Waals surface area contributed by atoms with Gasteiger partial charge in [-0.1, -0.05) is 6.07 Å². The Morgan fingerprint density at radius 3 is 2.67 bits per heavy atom. The number of hydrogen-bond donors (Lipinski definition) is 1. The van der Waals surface area contributed by atoms with Crippen LogP contribution in [0, 0.1) is 5.82 Å². The standard InChI is InChI=1S/C13H15FN2OS/c1-7(2)16(3)13(17)12-11(15)10-8(14)5-4-6-9(10)18-12/h4-7H,15H2,1-3H3. The molecule has 0 fully saturated rings. The molecule has 1 aromatic heterocycles. The molecule has 0 atom stereocenters. The second-order valence-electron chi connectivity index (χ2n) is 4.47. The molecule has 0 aliphatic carbocycles. The number of nitrogen functional groups attached to an aromatic ring is 1. The van der Waals surface area contributed by atoms with Crippen molar-refractivity contribution in [2.24, 2.45) is 0 Å². The first-order valence-electron chi connectivity index (χ1n) is 5.67. The predicted molar refractivity (Wildman–Crippen MR) is 73.4 cm³/mol. The molecule has 2 N–H and O–H groups in total. The Hall–Kier alpha value is -1.62. The van der Waals surface area contributed by atoms with Crippen LogP contribution in [0.15, 0.2) is 18.2 Å². The van der Waals surface area contributed by atoms with Crippen molar-refractivity contribution in [2.75, 3.05) is 12.8 Å². The van der Waals surface area contributed by atoms with E-state index in [2.05, 4.69) is 0 Å². The average molecular weight is 266 g/mol. The van der Waals surface area contributed by atoms with Gasteiger partial charge in [0.05, 0.1) is 11.1 Å². The van der Waals surface area contributed by atoms with Crippen LogP contribution in [0.5, 0.6) is 0 Å². The molecular formula is C13H15FN2OS. The maximum atomic E-state index is 13.7. The number of rotatable bonds is 2. The van der Waals surface area contributed by atoms with Crippen molar-refractivity contribution >= 4 is 33.0 Å². The fourth-order valence-electron chi connectivity index (χ4n) is 1.68. The van der Waals surface area contributed by atoms with E-state index in [0.717, 1.165) is 0 Å². The lowest BCUT2D eigenvalue weighted by Gasteiger charge is -2.20. The maximum absolute atomic E-state index is 13.7. The summed E-state index contributed by atoms with van der Waals surface area (Å²) < 4.78 is 14.4. The normalized spacial score (nSPS) is 11.2. The number of amides is 1. The first-order valence-corrected chi connectivity index (χ1v) is 6.48. The second-order valence-corrected chi connectivity index (χ2v) is 5.52. The van der Waals surface area contributed by atoms with E-state index in [-0.39, 0.29) is 23.5 Å². The van der Waals surface area contributed by atoms with Gasteiger partial charge < -0.3 is 10.6 Å². The zero-order valence-electron chi connectivity index (χ0n) is 10.5. The highest BCUT2D eigenvalue weighted by Crippen LogP contribution is 2.35. The Bertz CT molecular complexity index is 606. The number of carbonyl (C=O) groups excluding carboxylic acids is 1. The molecule has 0 saturated heterocycles. The van der Waals surface area contributed by atoms with Crippen LogP contribution < -0.4 is 5.73 Å². The van der Waals surface area contributed by atoms with Crippen LogP contribution in [0.25, 0.3) is 10.1 Å². The number of benzene rings is 1. The molecule has 5 heteroatoms. The lowest BCUT2D eigenvalue weighted by molar-refractivity contribution is 0.0761. The second kappa shape index (κ2) is 4.57. The van der Waals surface area contributed by atoms with Crippen LogP contribution in [-0.2, 0) is 0 Å². The molecule has 18 heavy (non-hydrogen) atoms. The Morgan fingerprint density at radius 2 is 2.11 bits per heavy atom. The molecule has 2 rings (SSSR count). The smallest absolute Gasteiger partial charge is 0.266 e. The Labute approximate surface area is 109 Å². The number of halogens is 1. The zero-order chi connectivity index (χ0) is 13.4. The van der Waals surface area contributed by atoms with E-state index < -0.39 is 0 Å². The van der Waals surface area contributed by atoms with Gasteiger partial charge in [0.15, 0.2) is 0 Å². The minimum absolute atomic E-state index is 0.0759. The van der Waals surface area contributed by atoms with E-state index in [1.165, 1.54) is 17.4 Å². The van der Waals surface area contributed by atoms with Crippen LogP contribution in [0.4, 0.5) is 10.1 Å². The molecule has 0 radical (unpaired) electrons. The lowest BCUT2D eigenvalue weighted by Crippen LogP contribution is -2.32. The molecule has 3 nitrogen and oxygen atoms in total. The van der Waals surface area contributed by atoms with E-state index in [4.69, 9.17) is 5.73 Å². The first-order chi connectivity index (χ1) is 8.43. The lowest BCUT2D eigenvalue weighted by atomic mass is 10.2. The molecule has 0 spiro atoms. The predicted octanol–water partition coefficient (Wildman–Crippen LogP) is 3.10. The molecule has 1 heterocycles. The number of thiophene rings is 1. The van der Waals surface area contributed by atoms with Crippen molar-refractivity contribution < 1.29 is 9.18 Å². The summed E-state index contributed by atoms with van der Waals surface area (Å²) in [5.74, 6) is -0.546. The monoisotopic (exact) mass is 266 g/mol. The van der Waals surface area contributed by atoms with Gasteiger partial charge >= 0.3 is 0 Å². The van der Waals surface area contributed by atoms with Crippen molar-refractivity contribution in [3.63, 3.8) is 0 Å². The van der Waals surface area contributed by atoms with Gasteiger partial charge in [0.25, 0.3) is 5.91 Å². The molecule has 0 unspecified atom stereocenters. The van der Waals surface area contributed by atoms with Gasteiger partial charge in [0.2, 0.25) is 0 Å². The number of nitrogens with zero attached hydrogens (tertiary/aromatic N) is 1. The van der Waals surface area contributed by atoms with E-state index in [1.807, 2.05) is 13.8 Å². The summed E-state index contributed by atoms with van der Waals surface area (Å²) in [5.41, 5.74) is 6.14. The third kappa shape index (κ3) is 1.95. The Morgan fingerprint density at radius 1 is 1.44 bits per heavy atom. The van der Waals surface area contributed by atoms with Crippen LogP contribution >= 0.6 is 11.3 Å². The molecule has 0 aliphatic heterocycles. The molecule has 96 valence electrons. The molecule has 1 aromatic carbocycles.